The summed E-state index contributed by atoms with van der Waals surface area (Å²) in [6, 6.07) is 8.54. The van der Waals surface area contributed by atoms with E-state index in [-0.39, 0.29) is 170 Å². The van der Waals surface area contributed by atoms with Crippen LogP contribution in [0.3, 0.4) is 0 Å². The second-order valence-corrected chi connectivity index (χ2v) is 19.0. The van der Waals surface area contributed by atoms with Gasteiger partial charge in [-0.1, -0.05) is 47.8 Å². The third-order valence-corrected chi connectivity index (χ3v) is 15.1. The molecule has 28 nitrogen and oxygen atoms in total. The van der Waals surface area contributed by atoms with E-state index in [2.05, 4.69) is 41.7 Å². The molecule has 6 atom stereocenters. The van der Waals surface area contributed by atoms with Crippen LogP contribution in [0.1, 0.15) is 23.3 Å². The Morgan fingerprint density at radius 3 is 1.31 bits per heavy atom. The van der Waals surface area contributed by atoms with Crippen LogP contribution in [0, 0.1) is 0 Å². The van der Waals surface area contributed by atoms with E-state index in [1.807, 2.05) is 0 Å². The SMILES string of the molecule is O=C(O)Cn1nnnc1SCC1=C(C(=O)[O-])N2C(=O)C(NC(=O)[C@H](O)c3ccc(O)cc3)[C@H]2SC1.O=C(O)Cn1nnnc1SCC1=C(C(=O)[O-])N2C(=O)C(NC(=O)[C@H](O)c3ccc(O)cc3)[C@H]2SC1.[K+].[K+]. The van der Waals surface area contributed by atoms with Gasteiger partial charge in [-0.05, 0) is 67.4 Å². The minimum Gasteiger partial charge on any atom is -0.543 e. The molecule has 4 amide bonds. The van der Waals surface area contributed by atoms with Gasteiger partial charge in [0.1, 0.15) is 47.4 Å². The Hall–Kier alpha value is -3.99. The van der Waals surface area contributed by atoms with Gasteiger partial charge >= 0.3 is 115 Å². The number of nitrogens with zero attached hydrogens (tertiary/aromatic N) is 10. The molecule has 4 aliphatic rings. The van der Waals surface area contributed by atoms with E-state index in [4.69, 9.17) is 10.2 Å². The maximum absolute atomic E-state index is 12.8. The molecule has 4 aliphatic heterocycles. The Kier molecular flexibility index (Phi) is 21.3. The number of fused-ring (bicyclic) bond motifs is 2. The number of carboxylic acids is 4. The molecule has 2 saturated heterocycles. The zero-order chi connectivity index (χ0) is 50.6. The molecule has 34 heteroatoms. The fourth-order valence-electron chi connectivity index (χ4n) is 7.00. The Morgan fingerprint density at radius 2 is 0.986 bits per heavy atom. The van der Waals surface area contributed by atoms with E-state index in [1.54, 1.807) is 0 Å². The number of hydrogen-bond donors (Lipinski definition) is 8. The maximum atomic E-state index is 12.8. The van der Waals surface area contributed by atoms with Crippen LogP contribution in [0.25, 0.3) is 0 Å². The molecule has 0 bridgehead atoms. The van der Waals surface area contributed by atoms with Gasteiger partial charge in [-0.15, -0.1) is 33.7 Å². The Labute approximate surface area is 506 Å². The van der Waals surface area contributed by atoms with E-state index in [0.29, 0.717) is 11.1 Å². The van der Waals surface area contributed by atoms with Crippen LogP contribution in [-0.2, 0) is 51.4 Å². The van der Waals surface area contributed by atoms with Gasteiger partial charge in [-0.3, -0.25) is 38.6 Å². The molecule has 4 aromatic rings. The van der Waals surface area contributed by atoms with Crippen LogP contribution in [-0.4, -0.2) is 174 Å². The van der Waals surface area contributed by atoms with Crippen molar-refractivity contribution in [1.82, 2.24) is 60.8 Å². The molecule has 8 rings (SSSR count). The number of carbonyl (C=O) groups excluding carboxylic acids is 6. The van der Waals surface area contributed by atoms with Gasteiger partial charge in [-0.25, -0.2) is 9.36 Å². The van der Waals surface area contributed by atoms with Crippen LogP contribution >= 0.6 is 47.0 Å². The summed E-state index contributed by atoms with van der Waals surface area (Å²) in [5.41, 5.74) is 0.466. The van der Waals surface area contributed by atoms with E-state index < -0.39 is 95.6 Å². The third kappa shape index (κ3) is 13.5. The predicted molar refractivity (Wildman–Crippen MR) is 233 cm³/mol. The van der Waals surface area contributed by atoms with Gasteiger partial charge in [0.25, 0.3) is 23.6 Å². The molecule has 368 valence electrons. The molecule has 0 saturated carbocycles. The molecular formula is C38H34K2N12O16S4. The van der Waals surface area contributed by atoms with Crippen molar-refractivity contribution in [3.05, 3.63) is 82.2 Å². The molecule has 2 aromatic carbocycles. The van der Waals surface area contributed by atoms with Crippen molar-refractivity contribution in [2.24, 2.45) is 0 Å². The Balaban J connectivity index is 0.000000260. The summed E-state index contributed by atoms with van der Waals surface area (Å²) >= 11 is 4.45. The zero-order valence-electron chi connectivity index (χ0n) is 37.2. The van der Waals surface area contributed by atoms with E-state index in [0.717, 1.165) is 42.7 Å². The molecule has 0 radical (unpaired) electrons. The fourth-order valence-corrected chi connectivity index (χ4v) is 11.7. The van der Waals surface area contributed by atoms with Gasteiger partial charge in [0.05, 0.1) is 23.3 Å². The van der Waals surface area contributed by atoms with Crippen LogP contribution in [0.15, 0.2) is 81.4 Å². The maximum Gasteiger partial charge on any atom is 1.00 e. The van der Waals surface area contributed by atoms with Crippen molar-refractivity contribution in [3.63, 3.8) is 0 Å². The number of amides is 4. The number of carboxylic acid groups (broad SMARTS) is 4. The fraction of sp³-hybridized carbons (Fsp3) is 0.316. The van der Waals surface area contributed by atoms with Crippen molar-refractivity contribution in [2.45, 2.75) is 58.4 Å². The van der Waals surface area contributed by atoms with Crippen molar-refractivity contribution in [2.75, 3.05) is 23.0 Å². The van der Waals surface area contributed by atoms with E-state index >= 15 is 0 Å². The summed E-state index contributed by atoms with van der Waals surface area (Å²) in [5, 5.41) is 106. The van der Waals surface area contributed by atoms with Gasteiger partial charge in [0.2, 0.25) is 10.3 Å². The zero-order valence-corrected chi connectivity index (χ0v) is 46.7. The standard InChI is InChI=1S/2C19H18N6O8S2.2K/c2*26-10-3-1-8(2-4-10)14(29)15(30)20-12-16(31)25-13(18(32)33)9(6-34-17(12)25)7-35-19-21-22-23-24(19)5-11(27)28;;/h2*1-4,12,14,17,26,29H,5-7H2,(H,20,30)(H,27,28)(H,32,33);;/q;;2*+1/p-2/t2*12?,14-,17-;;/m11../s1. The molecular weight excluding hydrogens is 1090 g/mol. The number of nitrogens with one attached hydrogen (secondary N) is 2. The number of aromatic nitrogens is 8. The minimum absolute atomic E-state index is 0. The van der Waals surface area contributed by atoms with Gasteiger partial charge in [0, 0.05) is 23.0 Å². The summed E-state index contributed by atoms with van der Waals surface area (Å²) in [6.07, 6.45) is -3.18. The number of aromatic hydroxyl groups is 2. The van der Waals surface area contributed by atoms with Crippen LogP contribution in [0.2, 0.25) is 0 Å². The van der Waals surface area contributed by atoms with E-state index in [1.165, 1.54) is 72.1 Å². The molecule has 72 heavy (non-hydrogen) atoms. The molecule has 2 fully saturated rings. The van der Waals surface area contributed by atoms with Crippen LogP contribution in [0.5, 0.6) is 11.5 Å². The number of phenols is 2. The summed E-state index contributed by atoms with van der Waals surface area (Å²) in [4.78, 5) is 98.0. The smallest absolute Gasteiger partial charge is 0.543 e. The van der Waals surface area contributed by atoms with Crippen molar-refractivity contribution in [1.29, 1.82) is 0 Å². The van der Waals surface area contributed by atoms with Gasteiger partial charge in [-0.2, -0.15) is 0 Å². The van der Waals surface area contributed by atoms with Crippen molar-refractivity contribution < 1.29 is 182 Å². The topological polar surface area (TPSA) is 422 Å². The average Bonchev–Trinajstić information content (AvgIpc) is 3.97. The summed E-state index contributed by atoms with van der Waals surface area (Å²) in [6.45, 7) is -0.943. The molecule has 0 aliphatic carbocycles. The summed E-state index contributed by atoms with van der Waals surface area (Å²) in [5.74, 6) is -8.08. The number of rotatable bonds is 18. The Bertz CT molecular complexity index is 2630. The predicted octanol–water partition coefficient (Wildman–Crippen LogP) is -10.6. The third-order valence-electron chi connectivity index (χ3n) is 10.3. The monoisotopic (exact) mass is 1120 g/mol. The number of aliphatic carboxylic acids is 4. The van der Waals surface area contributed by atoms with Gasteiger partial charge < -0.3 is 61.1 Å². The average molecular weight is 1120 g/mol. The number of β-lactam (4-membered cyclic amide) rings is 2. The Morgan fingerprint density at radius 1 is 0.639 bits per heavy atom. The largest absolute Gasteiger partial charge is 1.00 e. The first-order valence-electron chi connectivity index (χ1n) is 19.9. The first kappa shape index (κ1) is 58.9. The number of hydrogen-bond acceptors (Lipinski definition) is 24. The number of benzene rings is 2. The quantitative estimate of drug-likeness (QED) is 0.0260. The first-order chi connectivity index (χ1) is 33.3. The summed E-state index contributed by atoms with van der Waals surface area (Å²) < 4.78 is 2.09. The molecule has 2 aromatic heterocycles. The summed E-state index contributed by atoms with van der Waals surface area (Å²) in [7, 11) is 0. The molecule has 0 spiro atoms. The number of tetrazole rings is 2. The number of aliphatic hydroxyl groups excluding tert-OH is 2. The second kappa shape index (κ2) is 26.0. The normalized spacial score (nSPS) is 19.6. The molecule has 8 N–H and O–H groups in total. The van der Waals surface area contributed by atoms with E-state index in [9.17, 15) is 69.0 Å². The second-order valence-electron chi connectivity index (χ2n) is 14.9. The number of thioether (sulfide) groups is 4. The number of phenolic OH excluding ortho intramolecular Hbond substituents is 2. The van der Waals surface area contributed by atoms with Crippen molar-refractivity contribution in [3.8, 4) is 11.5 Å². The minimum atomic E-state index is -1.59. The van der Waals surface area contributed by atoms with Crippen LogP contribution in [0.4, 0.5) is 0 Å². The van der Waals surface area contributed by atoms with Crippen molar-refractivity contribution >= 4 is 94.6 Å². The van der Waals surface area contributed by atoms with Gasteiger partial charge in [0.15, 0.2) is 12.2 Å². The molecule has 6 heterocycles. The number of aliphatic hydroxyl groups is 2. The molecule has 2 unspecified atom stereocenters. The number of carbonyl (C=O) groups is 8. The van der Waals surface area contributed by atoms with Crippen LogP contribution < -0.4 is 124 Å². The first-order valence-corrected chi connectivity index (χ1v) is 23.9.